The highest BCUT2D eigenvalue weighted by atomic mass is 19.1. The standard InChI is InChI=1S/C19H20FNO5/c1-3-24-17-7-5-4-6-16(17)21-18(22)12-25-19(23)13(2)26-15-10-8-14(20)9-11-15/h4-11,13H,3,12H2,1-2H3,(H,21,22)/t13-/m0/s1. The van der Waals surface area contributed by atoms with Crippen LogP contribution < -0.4 is 14.8 Å². The summed E-state index contributed by atoms with van der Waals surface area (Å²) in [5.74, 6) is -0.757. The van der Waals surface area contributed by atoms with E-state index in [1.807, 2.05) is 6.92 Å². The summed E-state index contributed by atoms with van der Waals surface area (Å²) in [5.41, 5.74) is 0.492. The smallest absolute Gasteiger partial charge is 0.347 e. The van der Waals surface area contributed by atoms with Crippen LogP contribution in [0.25, 0.3) is 0 Å². The van der Waals surface area contributed by atoms with E-state index in [-0.39, 0.29) is 0 Å². The lowest BCUT2D eigenvalue weighted by Gasteiger charge is -2.14. The first-order chi connectivity index (χ1) is 12.5. The minimum atomic E-state index is -0.941. The van der Waals surface area contributed by atoms with Crippen molar-refractivity contribution in [2.75, 3.05) is 18.5 Å². The maximum atomic E-state index is 12.8. The number of nitrogens with one attached hydrogen (secondary N) is 1. The lowest BCUT2D eigenvalue weighted by molar-refractivity contribution is -0.153. The Morgan fingerprint density at radius 1 is 1.12 bits per heavy atom. The topological polar surface area (TPSA) is 73.9 Å². The Kier molecular flexibility index (Phi) is 6.96. The molecule has 0 aliphatic rings. The number of carbonyl (C=O) groups excluding carboxylic acids is 2. The number of rotatable bonds is 8. The van der Waals surface area contributed by atoms with Gasteiger partial charge in [-0.05, 0) is 50.2 Å². The molecule has 0 radical (unpaired) electrons. The Labute approximate surface area is 150 Å². The Morgan fingerprint density at radius 3 is 2.50 bits per heavy atom. The molecule has 0 heterocycles. The lowest BCUT2D eigenvalue weighted by atomic mass is 10.3. The van der Waals surface area contributed by atoms with Crippen molar-refractivity contribution >= 4 is 17.6 Å². The molecule has 1 atom stereocenters. The number of esters is 1. The molecule has 1 N–H and O–H groups in total. The SMILES string of the molecule is CCOc1ccccc1NC(=O)COC(=O)[C@H](C)Oc1ccc(F)cc1. The number of anilines is 1. The second-order valence-corrected chi connectivity index (χ2v) is 5.30. The fourth-order valence-electron chi connectivity index (χ4n) is 2.06. The van der Waals surface area contributed by atoms with E-state index in [9.17, 15) is 14.0 Å². The van der Waals surface area contributed by atoms with Gasteiger partial charge in [0.25, 0.3) is 5.91 Å². The van der Waals surface area contributed by atoms with Crippen molar-refractivity contribution in [2.24, 2.45) is 0 Å². The first-order valence-corrected chi connectivity index (χ1v) is 8.10. The molecule has 6 nitrogen and oxygen atoms in total. The van der Waals surface area contributed by atoms with Crippen molar-refractivity contribution in [2.45, 2.75) is 20.0 Å². The van der Waals surface area contributed by atoms with Crippen LogP contribution in [0.4, 0.5) is 10.1 Å². The Balaban J connectivity index is 1.82. The first-order valence-electron chi connectivity index (χ1n) is 8.10. The number of hydrogen-bond donors (Lipinski definition) is 1. The van der Waals surface area contributed by atoms with Gasteiger partial charge in [-0.15, -0.1) is 0 Å². The van der Waals surface area contributed by atoms with Gasteiger partial charge in [0.15, 0.2) is 12.7 Å². The monoisotopic (exact) mass is 361 g/mol. The van der Waals surface area contributed by atoms with Crippen molar-refractivity contribution in [1.82, 2.24) is 0 Å². The highest BCUT2D eigenvalue weighted by Gasteiger charge is 2.18. The summed E-state index contributed by atoms with van der Waals surface area (Å²) in [6.07, 6.45) is -0.941. The van der Waals surface area contributed by atoms with Gasteiger partial charge in [-0.25, -0.2) is 9.18 Å². The van der Waals surface area contributed by atoms with Gasteiger partial charge in [0, 0.05) is 0 Å². The third-order valence-electron chi connectivity index (χ3n) is 3.26. The van der Waals surface area contributed by atoms with Gasteiger partial charge in [0.05, 0.1) is 12.3 Å². The molecule has 0 fully saturated rings. The summed E-state index contributed by atoms with van der Waals surface area (Å²) in [6.45, 7) is 3.31. The van der Waals surface area contributed by atoms with Crippen LogP contribution in [0.15, 0.2) is 48.5 Å². The maximum absolute atomic E-state index is 12.8. The maximum Gasteiger partial charge on any atom is 0.347 e. The second-order valence-electron chi connectivity index (χ2n) is 5.30. The molecule has 0 aliphatic heterocycles. The molecule has 7 heteroatoms. The van der Waals surface area contributed by atoms with Gasteiger partial charge in [-0.2, -0.15) is 0 Å². The summed E-state index contributed by atoms with van der Waals surface area (Å²) in [7, 11) is 0. The van der Waals surface area contributed by atoms with Gasteiger partial charge in [0.1, 0.15) is 17.3 Å². The van der Waals surface area contributed by atoms with Crippen LogP contribution in [-0.4, -0.2) is 31.2 Å². The molecule has 2 aromatic rings. The molecule has 0 saturated carbocycles. The van der Waals surface area contributed by atoms with Crippen LogP contribution in [0.5, 0.6) is 11.5 Å². The molecule has 0 unspecified atom stereocenters. The van der Waals surface area contributed by atoms with E-state index >= 15 is 0 Å². The quantitative estimate of drug-likeness (QED) is 0.731. The molecule has 0 bridgehead atoms. The third-order valence-corrected chi connectivity index (χ3v) is 3.26. The number of para-hydroxylation sites is 2. The molecule has 0 spiro atoms. The first kappa shape index (κ1) is 19.2. The minimum absolute atomic E-state index is 0.325. The van der Waals surface area contributed by atoms with E-state index in [2.05, 4.69) is 5.32 Å². The van der Waals surface area contributed by atoms with Crippen LogP contribution in [0.2, 0.25) is 0 Å². The molecule has 1 amide bonds. The summed E-state index contributed by atoms with van der Waals surface area (Å²) < 4.78 is 28.5. The van der Waals surface area contributed by atoms with Crippen LogP contribution in [-0.2, 0) is 14.3 Å². The Morgan fingerprint density at radius 2 is 1.81 bits per heavy atom. The summed E-state index contributed by atoms with van der Waals surface area (Å²) in [6, 6.07) is 12.2. The normalized spacial score (nSPS) is 11.3. The van der Waals surface area contributed by atoms with Crippen molar-refractivity contribution in [3.05, 3.63) is 54.3 Å². The predicted octanol–water partition coefficient (Wildman–Crippen LogP) is 3.17. The summed E-state index contributed by atoms with van der Waals surface area (Å²) in [5, 5.41) is 2.62. The highest BCUT2D eigenvalue weighted by Crippen LogP contribution is 2.23. The number of carbonyl (C=O) groups is 2. The van der Waals surface area contributed by atoms with Crippen LogP contribution in [0.3, 0.4) is 0 Å². The van der Waals surface area contributed by atoms with E-state index < -0.39 is 30.4 Å². The molecule has 26 heavy (non-hydrogen) atoms. The molecule has 2 aromatic carbocycles. The van der Waals surface area contributed by atoms with E-state index in [0.29, 0.717) is 23.8 Å². The van der Waals surface area contributed by atoms with E-state index in [0.717, 1.165) is 0 Å². The molecule has 2 rings (SSSR count). The van der Waals surface area contributed by atoms with Gasteiger partial charge >= 0.3 is 5.97 Å². The van der Waals surface area contributed by atoms with Crippen molar-refractivity contribution in [1.29, 1.82) is 0 Å². The van der Waals surface area contributed by atoms with Gasteiger partial charge in [0.2, 0.25) is 0 Å². The fraction of sp³-hybridized carbons (Fsp3) is 0.263. The Bertz CT molecular complexity index is 748. The van der Waals surface area contributed by atoms with Crippen molar-refractivity contribution in [3.8, 4) is 11.5 Å². The number of ether oxygens (including phenoxy) is 3. The zero-order chi connectivity index (χ0) is 18.9. The van der Waals surface area contributed by atoms with E-state index in [1.165, 1.54) is 31.2 Å². The van der Waals surface area contributed by atoms with Gasteiger partial charge in [-0.3, -0.25) is 4.79 Å². The lowest BCUT2D eigenvalue weighted by Crippen LogP contribution is -2.29. The fourth-order valence-corrected chi connectivity index (χ4v) is 2.06. The van der Waals surface area contributed by atoms with E-state index in [1.54, 1.807) is 24.3 Å². The minimum Gasteiger partial charge on any atom is -0.492 e. The van der Waals surface area contributed by atoms with Crippen molar-refractivity contribution in [3.63, 3.8) is 0 Å². The zero-order valence-corrected chi connectivity index (χ0v) is 14.5. The van der Waals surface area contributed by atoms with Gasteiger partial charge in [-0.1, -0.05) is 12.1 Å². The molecule has 138 valence electrons. The predicted molar refractivity (Wildman–Crippen MR) is 93.7 cm³/mol. The van der Waals surface area contributed by atoms with Crippen LogP contribution in [0.1, 0.15) is 13.8 Å². The van der Waals surface area contributed by atoms with Crippen LogP contribution >= 0.6 is 0 Å². The van der Waals surface area contributed by atoms with E-state index in [4.69, 9.17) is 14.2 Å². The third kappa shape index (κ3) is 5.77. The number of amides is 1. The summed E-state index contributed by atoms with van der Waals surface area (Å²) in [4.78, 5) is 23.9. The summed E-state index contributed by atoms with van der Waals surface area (Å²) >= 11 is 0. The molecule has 0 aliphatic carbocycles. The van der Waals surface area contributed by atoms with Crippen LogP contribution in [0, 0.1) is 5.82 Å². The molecular formula is C19H20FNO5. The number of hydrogen-bond acceptors (Lipinski definition) is 5. The number of benzene rings is 2. The number of halogens is 1. The second kappa shape index (κ2) is 9.41. The molecule has 0 aromatic heterocycles. The molecular weight excluding hydrogens is 341 g/mol. The highest BCUT2D eigenvalue weighted by molar-refractivity contribution is 5.94. The average Bonchev–Trinajstić information content (AvgIpc) is 2.63. The largest absolute Gasteiger partial charge is 0.492 e. The van der Waals surface area contributed by atoms with Crippen molar-refractivity contribution < 1.29 is 28.2 Å². The average molecular weight is 361 g/mol. The van der Waals surface area contributed by atoms with Gasteiger partial charge < -0.3 is 19.5 Å². The zero-order valence-electron chi connectivity index (χ0n) is 14.5. The Hall–Kier alpha value is -3.09. The molecule has 0 saturated heterocycles.